The van der Waals surface area contributed by atoms with Crippen LogP contribution in [0, 0.1) is 13.8 Å². The zero-order valence-corrected chi connectivity index (χ0v) is 18.3. The Morgan fingerprint density at radius 3 is 2.76 bits per heavy atom. The molecule has 1 unspecified atom stereocenters. The summed E-state index contributed by atoms with van der Waals surface area (Å²) < 4.78 is 7.75. The first-order valence-corrected chi connectivity index (χ1v) is 10.5. The number of thioether (sulfide) groups is 1. The number of halogens is 1. The second-order valence-corrected chi connectivity index (χ2v) is 8.08. The molecule has 3 rings (SSSR count). The Balaban J connectivity index is 1.60. The molecule has 6 nitrogen and oxygen atoms in total. The summed E-state index contributed by atoms with van der Waals surface area (Å²) in [5, 5.41) is 12.6. The van der Waals surface area contributed by atoms with Crippen LogP contribution in [0.1, 0.15) is 30.0 Å². The molecule has 0 aliphatic carbocycles. The van der Waals surface area contributed by atoms with Crippen LogP contribution >= 0.6 is 23.4 Å². The minimum Gasteiger partial charge on any atom is -0.483 e. The van der Waals surface area contributed by atoms with Crippen LogP contribution in [0.2, 0.25) is 5.02 Å². The summed E-state index contributed by atoms with van der Waals surface area (Å²) in [5.41, 5.74) is 3.04. The molecule has 0 saturated carbocycles. The van der Waals surface area contributed by atoms with Gasteiger partial charge in [0.25, 0.3) is 0 Å². The molecule has 1 heterocycles. The fourth-order valence-electron chi connectivity index (χ4n) is 2.81. The Kier molecular flexibility index (Phi) is 6.82. The van der Waals surface area contributed by atoms with E-state index >= 15 is 0 Å². The lowest BCUT2D eigenvalue weighted by atomic mass is 10.1. The highest BCUT2D eigenvalue weighted by atomic mass is 35.5. The first kappa shape index (κ1) is 21.2. The lowest BCUT2D eigenvalue weighted by molar-refractivity contribution is -0.113. The number of aryl methyl sites for hydroxylation is 1. The third-order valence-corrected chi connectivity index (χ3v) is 5.81. The Morgan fingerprint density at radius 1 is 1.24 bits per heavy atom. The standard InChI is InChI=1S/C21H23ClN4O2S/c1-13-7-5-10-18(14(13)2)23-19(27)12-29-21-25-24-20(26(21)4)15(3)28-17-9-6-8-16(22)11-17/h5-11,15H,12H2,1-4H3,(H,23,27). The molecule has 3 aromatic rings. The summed E-state index contributed by atoms with van der Waals surface area (Å²) in [7, 11) is 1.86. The number of hydrogen-bond acceptors (Lipinski definition) is 5. The van der Waals surface area contributed by atoms with Crippen LogP contribution < -0.4 is 10.1 Å². The molecule has 2 aromatic carbocycles. The van der Waals surface area contributed by atoms with Gasteiger partial charge in [-0.1, -0.05) is 41.6 Å². The van der Waals surface area contributed by atoms with Gasteiger partial charge in [0.15, 0.2) is 17.1 Å². The molecule has 1 aromatic heterocycles. The SMILES string of the molecule is Cc1cccc(NC(=O)CSc2nnc(C(C)Oc3cccc(Cl)c3)n2C)c1C. The van der Waals surface area contributed by atoms with Gasteiger partial charge in [-0.2, -0.15) is 0 Å². The molecule has 29 heavy (non-hydrogen) atoms. The van der Waals surface area contributed by atoms with Crippen LogP contribution in [0.15, 0.2) is 47.6 Å². The smallest absolute Gasteiger partial charge is 0.234 e. The summed E-state index contributed by atoms with van der Waals surface area (Å²) in [6.07, 6.45) is -0.316. The molecule has 0 fully saturated rings. The molecule has 8 heteroatoms. The van der Waals surface area contributed by atoms with Crippen molar-refractivity contribution < 1.29 is 9.53 Å². The summed E-state index contributed by atoms with van der Waals surface area (Å²) in [4.78, 5) is 12.3. The van der Waals surface area contributed by atoms with Crippen molar-refractivity contribution in [3.63, 3.8) is 0 Å². The maximum atomic E-state index is 12.3. The normalized spacial score (nSPS) is 11.9. The molecule has 0 aliphatic heterocycles. The van der Waals surface area contributed by atoms with Gasteiger partial charge in [0, 0.05) is 17.8 Å². The van der Waals surface area contributed by atoms with Crippen LogP contribution in [0.3, 0.4) is 0 Å². The van der Waals surface area contributed by atoms with E-state index in [2.05, 4.69) is 15.5 Å². The van der Waals surface area contributed by atoms with Gasteiger partial charge in [-0.05, 0) is 56.2 Å². The van der Waals surface area contributed by atoms with Gasteiger partial charge < -0.3 is 14.6 Å². The third-order valence-electron chi connectivity index (χ3n) is 4.55. The van der Waals surface area contributed by atoms with E-state index in [0.717, 1.165) is 16.8 Å². The van der Waals surface area contributed by atoms with E-state index in [0.29, 0.717) is 21.8 Å². The Hall–Kier alpha value is -2.51. The van der Waals surface area contributed by atoms with E-state index in [1.54, 1.807) is 12.1 Å². The van der Waals surface area contributed by atoms with Gasteiger partial charge in [0.1, 0.15) is 5.75 Å². The average Bonchev–Trinajstić information content (AvgIpc) is 3.04. The maximum absolute atomic E-state index is 12.3. The number of ether oxygens (including phenoxy) is 1. The number of rotatable bonds is 7. The molecule has 0 radical (unpaired) electrons. The van der Waals surface area contributed by atoms with Crippen molar-refractivity contribution in [1.29, 1.82) is 0 Å². The number of carbonyl (C=O) groups excluding carboxylic acids is 1. The predicted octanol–water partition coefficient (Wildman–Crippen LogP) is 4.96. The van der Waals surface area contributed by atoms with Gasteiger partial charge in [-0.25, -0.2) is 0 Å². The van der Waals surface area contributed by atoms with Crippen LogP contribution in [-0.2, 0) is 11.8 Å². The summed E-state index contributed by atoms with van der Waals surface area (Å²) in [6.45, 7) is 5.91. The lowest BCUT2D eigenvalue weighted by Crippen LogP contribution is -2.15. The van der Waals surface area contributed by atoms with Gasteiger partial charge in [-0.15, -0.1) is 10.2 Å². The van der Waals surface area contributed by atoms with Crippen molar-refractivity contribution in [2.75, 3.05) is 11.1 Å². The number of nitrogens with zero attached hydrogens (tertiary/aromatic N) is 3. The van der Waals surface area contributed by atoms with Crippen LogP contribution in [0.5, 0.6) is 5.75 Å². The van der Waals surface area contributed by atoms with E-state index in [-0.39, 0.29) is 17.8 Å². The molecule has 1 atom stereocenters. The topological polar surface area (TPSA) is 69.0 Å². The molecular weight excluding hydrogens is 408 g/mol. The summed E-state index contributed by atoms with van der Waals surface area (Å²) >= 11 is 7.33. The first-order chi connectivity index (χ1) is 13.8. The minimum atomic E-state index is -0.316. The third kappa shape index (κ3) is 5.31. The Morgan fingerprint density at radius 2 is 2.00 bits per heavy atom. The van der Waals surface area contributed by atoms with E-state index in [9.17, 15) is 4.79 Å². The highest BCUT2D eigenvalue weighted by Gasteiger charge is 2.18. The number of nitrogens with one attached hydrogen (secondary N) is 1. The van der Waals surface area contributed by atoms with Crippen molar-refractivity contribution in [2.45, 2.75) is 32.0 Å². The van der Waals surface area contributed by atoms with Crippen molar-refractivity contribution in [2.24, 2.45) is 7.05 Å². The van der Waals surface area contributed by atoms with E-state index in [4.69, 9.17) is 16.3 Å². The van der Waals surface area contributed by atoms with Gasteiger partial charge >= 0.3 is 0 Å². The van der Waals surface area contributed by atoms with Crippen molar-refractivity contribution in [3.05, 3.63) is 64.4 Å². The average molecular weight is 431 g/mol. The predicted molar refractivity (Wildman–Crippen MR) is 117 cm³/mol. The van der Waals surface area contributed by atoms with Crippen LogP contribution in [-0.4, -0.2) is 26.4 Å². The lowest BCUT2D eigenvalue weighted by Gasteiger charge is -2.14. The minimum absolute atomic E-state index is 0.0866. The molecular formula is C21H23ClN4O2S. The molecule has 1 N–H and O–H groups in total. The molecule has 0 saturated heterocycles. The second-order valence-electron chi connectivity index (χ2n) is 6.70. The van der Waals surface area contributed by atoms with Crippen molar-refractivity contribution in [1.82, 2.24) is 14.8 Å². The Bertz CT molecular complexity index is 1020. The van der Waals surface area contributed by atoms with Gasteiger partial charge in [0.2, 0.25) is 5.91 Å². The van der Waals surface area contributed by atoms with E-state index in [1.165, 1.54) is 11.8 Å². The van der Waals surface area contributed by atoms with Gasteiger partial charge in [-0.3, -0.25) is 4.79 Å². The van der Waals surface area contributed by atoms with E-state index in [1.807, 2.05) is 62.7 Å². The molecule has 0 bridgehead atoms. The van der Waals surface area contributed by atoms with Crippen molar-refractivity contribution >= 4 is 35.0 Å². The quantitative estimate of drug-likeness (QED) is 0.536. The highest BCUT2D eigenvalue weighted by Crippen LogP contribution is 2.25. The fraction of sp³-hybridized carbons (Fsp3) is 0.286. The number of carbonyl (C=O) groups is 1. The molecule has 1 amide bonds. The maximum Gasteiger partial charge on any atom is 0.234 e. The number of benzene rings is 2. The molecule has 0 aliphatic rings. The number of anilines is 1. The van der Waals surface area contributed by atoms with E-state index < -0.39 is 0 Å². The fourth-order valence-corrected chi connectivity index (χ4v) is 3.70. The zero-order chi connectivity index (χ0) is 21.0. The number of hydrogen-bond donors (Lipinski definition) is 1. The van der Waals surface area contributed by atoms with Crippen LogP contribution in [0.25, 0.3) is 0 Å². The Labute approximate surface area is 179 Å². The molecule has 152 valence electrons. The largest absolute Gasteiger partial charge is 0.483 e. The summed E-state index contributed by atoms with van der Waals surface area (Å²) in [6, 6.07) is 13.1. The second kappa shape index (κ2) is 9.33. The van der Waals surface area contributed by atoms with Crippen molar-refractivity contribution in [3.8, 4) is 5.75 Å². The number of aromatic nitrogens is 3. The molecule has 0 spiro atoms. The highest BCUT2D eigenvalue weighted by molar-refractivity contribution is 7.99. The van der Waals surface area contributed by atoms with Gasteiger partial charge in [0.05, 0.1) is 5.75 Å². The number of amides is 1. The first-order valence-electron chi connectivity index (χ1n) is 9.15. The summed E-state index contributed by atoms with van der Waals surface area (Å²) in [5.74, 6) is 1.48. The monoisotopic (exact) mass is 430 g/mol. The zero-order valence-electron chi connectivity index (χ0n) is 16.8. The van der Waals surface area contributed by atoms with Crippen LogP contribution in [0.4, 0.5) is 5.69 Å².